The molecule has 6 nitrogen and oxygen atoms in total. The number of aryl methyl sites for hydroxylation is 1. The van der Waals surface area contributed by atoms with Gasteiger partial charge in [0.05, 0.1) is 5.69 Å². The molecule has 1 rings (SSSR count). The van der Waals surface area contributed by atoms with E-state index in [4.69, 9.17) is 5.11 Å². The van der Waals surface area contributed by atoms with Crippen molar-refractivity contribution in [3.05, 3.63) is 10.6 Å². The largest absolute Gasteiger partial charge is 0.465 e. The van der Waals surface area contributed by atoms with Gasteiger partial charge in [0.2, 0.25) is 0 Å². The lowest BCUT2D eigenvalue weighted by atomic mass is 10.1. The van der Waals surface area contributed by atoms with Gasteiger partial charge < -0.3 is 10.0 Å². The summed E-state index contributed by atoms with van der Waals surface area (Å²) in [5, 5.41) is 11.2. The molecular weight excluding hydrogens is 314 g/mol. The fraction of sp³-hybridized carbons (Fsp3) is 0.688. The lowest BCUT2D eigenvalue weighted by Crippen LogP contribution is -2.34. The molecule has 1 aromatic rings. The Morgan fingerprint density at radius 3 is 2.13 bits per heavy atom. The zero-order chi connectivity index (χ0) is 17.6. The summed E-state index contributed by atoms with van der Waals surface area (Å²) in [7, 11) is 0. The Hall–Kier alpha value is -1.63. The maximum atomic E-state index is 12.8. The Kier molecular flexibility index (Phi) is 7.48. The van der Waals surface area contributed by atoms with Crippen molar-refractivity contribution < 1.29 is 14.7 Å². The third-order valence-electron chi connectivity index (χ3n) is 3.44. The van der Waals surface area contributed by atoms with Crippen molar-refractivity contribution in [3.8, 4) is 0 Å². The second-order valence-electron chi connectivity index (χ2n) is 6.52. The number of rotatable bonds is 8. The minimum Gasteiger partial charge on any atom is -0.465 e. The van der Waals surface area contributed by atoms with Crippen LogP contribution in [0.5, 0.6) is 0 Å². The van der Waals surface area contributed by atoms with Gasteiger partial charge in [-0.1, -0.05) is 39.0 Å². The number of hydrogen-bond donors (Lipinski definition) is 2. The lowest BCUT2D eigenvalue weighted by Gasteiger charge is -2.24. The molecule has 0 saturated carbocycles. The van der Waals surface area contributed by atoms with Gasteiger partial charge in [0, 0.05) is 13.1 Å². The first-order valence-corrected chi connectivity index (χ1v) is 8.79. The number of thiazole rings is 1. The molecule has 2 amide bonds. The van der Waals surface area contributed by atoms with Crippen LogP contribution in [-0.4, -0.2) is 40.1 Å². The molecule has 1 heterocycles. The highest BCUT2D eigenvalue weighted by Gasteiger charge is 2.22. The monoisotopic (exact) mass is 341 g/mol. The summed E-state index contributed by atoms with van der Waals surface area (Å²) in [6.45, 7) is 11.7. The van der Waals surface area contributed by atoms with Gasteiger partial charge in [-0.25, -0.2) is 9.78 Å². The number of aromatic nitrogens is 1. The third-order valence-corrected chi connectivity index (χ3v) is 4.51. The van der Waals surface area contributed by atoms with Crippen molar-refractivity contribution in [2.75, 3.05) is 18.4 Å². The lowest BCUT2D eigenvalue weighted by molar-refractivity contribution is 0.0744. The summed E-state index contributed by atoms with van der Waals surface area (Å²) in [4.78, 5) is 30.0. The molecule has 0 saturated heterocycles. The van der Waals surface area contributed by atoms with E-state index < -0.39 is 6.09 Å². The van der Waals surface area contributed by atoms with Gasteiger partial charge in [0.15, 0.2) is 5.13 Å². The molecule has 0 aliphatic rings. The van der Waals surface area contributed by atoms with Crippen LogP contribution in [0, 0.1) is 18.8 Å². The van der Waals surface area contributed by atoms with Crippen molar-refractivity contribution in [1.82, 2.24) is 9.88 Å². The molecule has 23 heavy (non-hydrogen) atoms. The standard InChI is InChI=1S/C16H27N3O3S/c1-10(2)6-8-19(9-7-11(3)4)14(20)13-12(5)17-15(23-13)18-16(21)22/h10-11H,6-9H2,1-5H3,(H,17,18)(H,21,22). The fourth-order valence-corrected chi connectivity index (χ4v) is 2.95. The molecule has 0 radical (unpaired) electrons. The van der Waals surface area contributed by atoms with Gasteiger partial charge in [-0.2, -0.15) is 0 Å². The molecule has 0 bridgehead atoms. The van der Waals surface area contributed by atoms with Crippen LogP contribution >= 0.6 is 11.3 Å². The molecule has 130 valence electrons. The van der Waals surface area contributed by atoms with Crippen LogP contribution < -0.4 is 5.32 Å². The molecule has 0 aliphatic heterocycles. The second-order valence-corrected chi connectivity index (χ2v) is 7.52. The molecule has 0 spiro atoms. The van der Waals surface area contributed by atoms with E-state index in [0.717, 1.165) is 24.2 Å². The SMILES string of the molecule is Cc1nc(NC(=O)O)sc1C(=O)N(CCC(C)C)CCC(C)C. The minimum absolute atomic E-state index is 0.0558. The molecule has 7 heteroatoms. The van der Waals surface area contributed by atoms with E-state index in [1.54, 1.807) is 6.92 Å². The van der Waals surface area contributed by atoms with Crippen LogP contribution in [0.3, 0.4) is 0 Å². The normalized spacial score (nSPS) is 11.1. The summed E-state index contributed by atoms with van der Waals surface area (Å²) >= 11 is 1.10. The van der Waals surface area contributed by atoms with Crippen LogP contribution in [0.2, 0.25) is 0 Å². The topological polar surface area (TPSA) is 82.5 Å². The Balaban J connectivity index is 2.89. The van der Waals surface area contributed by atoms with E-state index in [9.17, 15) is 9.59 Å². The first-order chi connectivity index (χ1) is 10.7. The van der Waals surface area contributed by atoms with Gasteiger partial charge in [0.1, 0.15) is 4.88 Å². The maximum absolute atomic E-state index is 12.8. The Bertz CT molecular complexity index is 529. The van der Waals surface area contributed by atoms with E-state index in [0.29, 0.717) is 35.5 Å². The van der Waals surface area contributed by atoms with Crippen molar-refractivity contribution in [3.63, 3.8) is 0 Å². The van der Waals surface area contributed by atoms with E-state index in [2.05, 4.69) is 38.0 Å². The highest BCUT2D eigenvalue weighted by molar-refractivity contribution is 7.17. The quantitative estimate of drug-likeness (QED) is 0.746. The molecule has 1 aromatic heterocycles. The Labute approximate surface area is 141 Å². The van der Waals surface area contributed by atoms with Crippen LogP contribution in [0.1, 0.15) is 55.9 Å². The predicted molar refractivity (Wildman–Crippen MR) is 93.3 cm³/mol. The molecule has 0 atom stereocenters. The first-order valence-electron chi connectivity index (χ1n) is 7.97. The highest BCUT2D eigenvalue weighted by Crippen LogP contribution is 2.24. The second kappa shape index (κ2) is 8.86. The zero-order valence-electron chi connectivity index (χ0n) is 14.5. The fourth-order valence-electron chi connectivity index (χ4n) is 2.03. The smallest absolute Gasteiger partial charge is 0.410 e. The average molecular weight is 341 g/mol. The highest BCUT2D eigenvalue weighted by atomic mass is 32.1. The Morgan fingerprint density at radius 1 is 1.17 bits per heavy atom. The van der Waals surface area contributed by atoms with Crippen molar-refractivity contribution >= 4 is 28.5 Å². The zero-order valence-corrected chi connectivity index (χ0v) is 15.4. The van der Waals surface area contributed by atoms with Crippen molar-refractivity contribution in [2.45, 2.75) is 47.5 Å². The molecule has 0 unspecified atom stereocenters. The molecule has 0 fully saturated rings. The van der Waals surface area contributed by atoms with Gasteiger partial charge in [-0.3, -0.25) is 10.1 Å². The summed E-state index contributed by atoms with van der Waals surface area (Å²) < 4.78 is 0. The molecule has 0 aromatic carbocycles. The summed E-state index contributed by atoms with van der Waals surface area (Å²) in [5.41, 5.74) is 0.572. The molecular formula is C16H27N3O3S. The summed E-state index contributed by atoms with van der Waals surface area (Å²) in [6.07, 6.45) is 0.721. The van der Waals surface area contributed by atoms with Crippen LogP contribution in [0.15, 0.2) is 0 Å². The Morgan fingerprint density at radius 2 is 1.70 bits per heavy atom. The van der Waals surface area contributed by atoms with E-state index >= 15 is 0 Å². The van der Waals surface area contributed by atoms with Gasteiger partial charge in [-0.15, -0.1) is 0 Å². The van der Waals surface area contributed by atoms with Crippen molar-refractivity contribution in [1.29, 1.82) is 0 Å². The van der Waals surface area contributed by atoms with E-state index in [1.165, 1.54) is 0 Å². The number of nitrogens with one attached hydrogen (secondary N) is 1. The van der Waals surface area contributed by atoms with Crippen molar-refractivity contribution in [2.24, 2.45) is 11.8 Å². The summed E-state index contributed by atoms with van der Waals surface area (Å²) in [6, 6.07) is 0. The maximum Gasteiger partial charge on any atom is 0.410 e. The number of amides is 2. The average Bonchev–Trinajstić information content (AvgIpc) is 2.77. The number of carbonyl (C=O) groups is 2. The van der Waals surface area contributed by atoms with Crippen LogP contribution in [-0.2, 0) is 0 Å². The predicted octanol–water partition coefficient (Wildman–Crippen LogP) is 4.08. The van der Waals surface area contributed by atoms with E-state index in [-0.39, 0.29) is 11.0 Å². The number of hydrogen-bond acceptors (Lipinski definition) is 4. The third kappa shape index (κ3) is 6.56. The number of carbonyl (C=O) groups excluding carboxylic acids is 1. The van der Waals surface area contributed by atoms with Crippen LogP contribution in [0.25, 0.3) is 0 Å². The number of nitrogens with zero attached hydrogens (tertiary/aromatic N) is 2. The first kappa shape index (κ1) is 19.4. The number of anilines is 1. The molecule has 0 aliphatic carbocycles. The number of carboxylic acid groups (broad SMARTS) is 1. The van der Waals surface area contributed by atoms with Gasteiger partial charge in [-0.05, 0) is 31.6 Å². The van der Waals surface area contributed by atoms with E-state index in [1.807, 2.05) is 4.90 Å². The van der Waals surface area contributed by atoms with Gasteiger partial charge >= 0.3 is 6.09 Å². The van der Waals surface area contributed by atoms with Crippen LogP contribution in [0.4, 0.5) is 9.93 Å². The minimum atomic E-state index is -1.17. The summed E-state index contributed by atoms with van der Waals surface area (Å²) in [5.74, 6) is 0.993. The van der Waals surface area contributed by atoms with Gasteiger partial charge in [0.25, 0.3) is 5.91 Å². The molecule has 2 N–H and O–H groups in total.